The normalized spacial score (nSPS) is 13.3. The van der Waals surface area contributed by atoms with Crippen LogP contribution in [0, 0.1) is 5.82 Å². The van der Waals surface area contributed by atoms with Gasteiger partial charge in [0, 0.05) is 4.47 Å². The molecule has 5 heteroatoms. The van der Waals surface area contributed by atoms with Crippen molar-refractivity contribution in [1.82, 2.24) is 5.32 Å². The Morgan fingerprint density at radius 1 is 1.53 bits per heavy atom. The molecule has 0 aliphatic carbocycles. The number of aliphatic hydroxyl groups excluding tert-OH is 1. The Kier molecular flexibility index (Phi) is 4.27. The topological polar surface area (TPSA) is 49.3 Å². The molecular formula is C12H15BrFNO2. The molecule has 17 heavy (non-hydrogen) atoms. The minimum absolute atomic E-state index is 0.207. The highest BCUT2D eigenvalue weighted by atomic mass is 79.9. The predicted octanol–water partition coefficient (Wildman–Crippen LogP) is 2.48. The lowest BCUT2D eigenvalue weighted by Gasteiger charge is -2.29. The minimum atomic E-state index is -0.775. The Labute approximate surface area is 108 Å². The Bertz CT molecular complexity index is 433. The van der Waals surface area contributed by atoms with Crippen molar-refractivity contribution >= 4 is 21.8 Å². The van der Waals surface area contributed by atoms with Crippen LogP contribution in [0.25, 0.3) is 0 Å². The fourth-order valence-electron chi connectivity index (χ4n) is 1.14. The molecule has 0 spiro atoms. The van der Waals surface area contributed by atoms with E-state index in [2.05, 4.69) is 21.2 Å². The molecule has 0 fully saturated rings. The Hall–Kier alpha value is -0.940. The third-order valence-corrected chi connectivity index (χ3v) is 3.34. The maximum atomic E-state index is 13.0. The third kappa shape index (κ3) is 3.51. The quantitative estimate of drug-likeness (QED) is 0.901. The zero-order chi connectivity index (χ0) is 13.2. The van der Waals surface area contributed by atoms with Gasteiger partial charge >= 0.3 is 0 Å². The lowest BCUT2D eigenvalue weighted by molar-refractivity contribution is 0.0708. The highest BCUT2D eigenvalue weighted by Crippen LogP contribution is 2.19. The van der Waals surface area contributed by atoms with Gasteiger partial charge < -0.3 is 10.4 Å². The summed E-state index contributed by atoms with van der Waals surface area (Å²) in [7, 11) is 0. The second-order valence-corrected chi connectivity index (χ2v) is 5.33. The summed E-state index contributed by atoms with van der Waals surface area (Å²) in [4.78, 5) is 11.9. The molecule has 1 rings (SSSR count). The summed E-state index contributed by atoms with van der Waals surface area (Å²) in [5.74, 6) is -0.907. The standard InChI is InChI=1S/C12H15BrFNO2/c1-7(16)12(2,3)15-11(17)9-6-8(14)4-5-10(9)13/h4-7,16H,1-3H3,(H,15,17). The summed E-state index contributed by atoms with van der Waals surface area (Å²) in [5, 5.41) is 12.2. The van der Waals surface area contributed by atoms with Crippen LogP contribution in [0.4, 0.5) is 4.39 Å². The van der Waals surface area contributed by atoms with Gasteiger partial charge in [0.25, 0.3) is 5.91 Å². The van der Waals surface area contributed by atoms with E-state index in [0.29, 0.717) is 4.47 Å². The first-order valence-corrected chi connectivity index (χ1v) is 5.99. The highest BCUT2D eigenvalue weighted by molar-refractivity contribution is 9.10. The lowest BCUT2D eigenvalue weighted by Crippen LogP contribution is -2.51. The SMILES string of the molecule is CC(O)C(C)(C)NC(=O)c1cc(F)ccc1Br. The third-order valence-electron chi connectivity index (χ3n) is 2.65. The summed E-state index contributed by atoms with van der Waals surface area (Å²) in [6, 6.07) is 3.89. The van der Waals surface area contributed by atoms with E-state index in [1.807, 2.05) is 0 Å². The lowest BCUT2D eigenvalue weighted by atomic mass is 9.98. The Balaban J connectivity index is 2.94. The van der Waals surface area contributed by atoms with Crippen LogP contribution in [0.2, 0.25) is 0 Å². The van der Waals surface area contributed by atoms with Gasteiger partial charge in [-0.05, 0) is 54.9 Å². The Morgan fingerprint density at radius 3 is 2.65 bits per heavy atom. The van der Waals surface area contributed by atoms with E-state index in [0.717, 1.165) is 6.07 Å². The number of aliphatic hydroxyl groups is 1. The van der Waals surface area contributed by atoms with Crippen molar-refractivity contribution in [3.8, 4) is 0 Å². The first-order chi connectivity index (χ1) is 7.74. The molecule has 94 valence electrons. The number of hydrogen-bond donors (Lipinski definition) is 2. The summed E-state index contributed by atoms with van der Waals surface area (Å²) in [6.07, 6.45) is -0.709. The first-order valence-electron chi connectivity index (χ1n) is 5.19. The molecule has 0 radical (unpaired) electrons. The summed E-state index contributed by atoms with van der Waals surface area (Å²) in [6.45, 7) is 4.98. The number of carbonyl (C=O) groups excluding carboxylic acids is 1. The highest BCUT2D eigenvalue weighted by Gasteiger charge is 2.27. The molecule has 0 saturated heterocycles. The molecule has 0 aliphatic heterocycles. The van der Waals surface area contributed by atoms with E-state index in [1.54, 1.807) is 20.8 Å². The molecule has 1 atom stereocenters. The van der Waals surface area contributed by atoms with Crippen LogP contribution in [0.5, 0.6) is 0 Å². The van der Waals surface area contributed by atoms with Crippen molar-refractivity contribution in [2.45, 2.75) is 32.4 Å². The summed E-state index contributed by atoms with van der Waals surface area (Å²) in [5.41, 5.74) is -0.568. The van der Waals surface area contributed by atoms with Gasteiger partial charge in [-0.2, -0.15) is 0 Å². The van der Waals surface area contributed by atoms with Crippen LogP contribution in [0.1, 0.15) is 31.1 Å². The molecule has 0 heterocycles. The molecule has 0 aromatic heterocycles. The van der Waals surface area contributed by atoms with Crippen LogP contribution in [-0.2, 0) is 0 Å². The molecule has 1 aromatic rings. The fraction of sp³-hybridized carbons (Fsp3) is 0.417. The van der Waals surface area contributed by atoms with Gasteiger partial charge in [-0.15, -0.1) is 0 Å². The molecule has 1 aromatic carbocycles. The van der Waals surface area contributed by atoms with Crippen molar-refractivity contribution in [3.05, 3.63) is 34.1 Å². The smallest absolute Gasteiger partial charge is 0.253 e. The maximum Gasteiger partial charge on any atom is 0.253 e. The monoisotopic (exact) mass is 303 g/mol. The van der Waals surface area contributed by atoms with E-state index < -0.39 is 23.4 Å². The van der Waals surface area contributed by atoms with Crippen LogP contribution >= 0.6 is 15.9 Å². The molecule has 3 nitrogen and oxygen atoms in total. The zero-order valence-corrected chi connectivity index (χ0v) is 11.5. The van der Waals surface area contributed by atoms with Crippen LogP contribution in [0.15, 0.2) is 22.7 Å². The molecular weight excluding hydrogens is 289 g/mol. The van der Waals surface area contributed by atoms with E-state index in [1.165, 1.54) is 12.1 Å². The van der Waals surface area contributed by atoms with E-state index in [4.69, 9.17) is 0 Å². The number of hydrogen-bond acceptors (Lipinski definition) is 2. The van der Waals surface area contributed by atoms with Gasteiger partial charge in [0.1, 0.15) is 5.82 Å². The predicted molar refractivity (Wildman–Crippen MR) is 67.3 cm³/mol. The summed E-state index contributed by atoms with van der Waals surface area (Å²) >= 11 is 3.19. The van der Waals surface area contributed by atoms with Crippen molar-refractivity contribution in [1.29, 1.82) is 0 Å². The van der Waals surface area contributed by atoms with Crippen molar-refractivity contribution in [2.75, 3.05) is 0 Å². The number of amides is 1. The molecule has 2 N–H and O–H groups in total. The van der Waals surface area contributed by atoms with Gasteiger partial charge in [0.2, 0.25) is 0 Å². The number of nitrogens with one attached hydrogen (secondary N) is 1. The van der Waals surface area contributed by atoms with Crippen LogP contribution in [-0.4, -0.2) is 22.7 Å². The largest absolute Gasteiger partial charge is 0.391 e. The Morgan fingerprint density at radius 2 is 2.12 bits per heavy atom. The molecule has 0 aliphatic rings. The molecule has 1 unspecified atom stereocenters. The molecule has 1 amide bonds. The van der Waals surface area contributed by atoms with Crippen LogP contribution < -0.4 is 5.32 Å². The van der Waals surface area contributed by atoms with Gasteiger partial charge in [0.05, 0.1) is 17.2 Å². The van der Waals surface area contributed by atoms with Crippen LogP contribution in [0.3, 0.4) is 0 Å². The number of rotatable bonds is 3. The van der Waals surface area contributed by atoms with Gasteiger partial charge in [-0.25, -0.2) is 4.39 Å². The van der Waals surface area contributed by atoms with Crippen molar-refractivity contribution < 1.29 is 14.3 Å². The number of carbonyl (C=O) groups is 1. The van der Waals surface area contributed by atoms with Gasteiger partial charge in [0.15, 0.2) is 0 Å². The van der Waals surface area contributed by atoms with Gasteiger partial charge in [-0.3, -0.25) is 4.79 Å². The maximum absolute atomic E-state index is 13.0. The van der Waals surface area contributed by atoms with E-state index >= 15 is 0 Å². The average molecular weight is 304 g/mol. The van der Waals surface area contributed by atoms with Gasteiger partial charge in [-0.1, -0.05) is 0 Å². The average Bonchev–Trinajstić information content (AvgIpc) is 2.20. The number of benzene rings is 1. The van der Waals surface area contributed by atoms with E-state index in [-0.39, 0.29) is 5.56 Å². The fourth-order valence-corrected chi connectivity index (χ4v) is 1.56. The second-order valence-electron chi connectivity index (χ2n) is 4.48. The van der Waals surface area contributed by atoms with Crippen molar-refractivity contribution in [2.24, 2.45) is 0 Å². The number of halogens is 2. The van der Waals surface area contributed by atoms with Crippen molar-refractivity contribution in [3.63, 3.8) is 0 Å². The zero-order valence-electron chi connectivity index (χ0n) is 9.92. The minimum Gasteiger partial charge on any atom is -0.391 e. The molecule has 0 saturated carbocycles. The first kappa shape index (κ1) is 14.1. The van der Waals surface area contributed by atoms with E-state index in [9.17, 15) is 14.3 Å². The second kappa shape index (κ2) is 5.14. The summed E-state index contributed by atoms with van der Waals surface area (Å²) < 4.78 is 13.6. The molecule has 0 bridgehead atoms.